The third kappa shape index (κ3) is 4.03. The highest BCUT2D eigenvalue weighted by Gasteiger charge is 2.20. The van der Waals surface area contributed by atoms with Crippen LogP contribution >= 0.6 is 0 Å². The Morgan fingerprint density at radius 3 is 2.46 bits per heavy atom. The number of carbonyl (C=O) groups is 1. The number of amides is 1. The Morgan fingerprint density at radius 2 is 1.79 bits per heavy atom. The van der Waals surface area contributed by atoms with Crippen molar-refractivity contribution in [3.8, 4) is 5.75 Å². The Labute approximate surface area is 136 Å². The molecule has 0 aliphatic rings. The maximum absolute atomic E-state index is 12.1. The number of anilines is 1. The number of nitrogens with one attached hydrogen (secondary N) is 1. The van der Waals surface area contributed by atoms with Gasteiger partial charge in [0.15, 0.2) is 6.10 Å². The molecule has 0 heterocycles. The lowest BCUT2D eigenvalue weighted by Gasteiger charge is -2.14. The average molecular weight is 331 g/mol. The van der Waals surface area contributed by atoms with Crippen LogP contribution in [0.25, 0.3) is 0 Å². The Hall–Kier alpha value is -3.49. The molecule has 1 amide bonds. The standard InChI is InChI=1S/C15H13N3O6/c1-10(24-12-6-4-5-11(9-12)17(20)21)15(19)16-13-7-2-3-8-14(13)18(22)23/h2-10H,1H3,(H,16,19)/t10-/m0/s1. The van der Waals surface area contributed by atoms with Gasteiger partial charge in [-0.25, -0.2) is 0 Å². The lowest BCUT2D eigenvalue weighted by molar-refractivity contribution is -0.385. The van der Waals surface area contributed by atoms with E-state index in [2.05, 4.69) is 5.32 Å². The summed E-state index contributed by atoms with van der Waals surface area (Å²) in [5.74, 6) is -0.467. The fourth-order valence-electron chi connectivity index (χ4n) is 1.90. The zero-order valence-corrected chi connectivity index (χ0v) is 12.5. The van der Waals surface area contributed by atoms with Crippen LogP contribution in [0.1, 0.15) is 6.92 Å². The largest absolute Gasteiger partial charge is 0.481 e. The van der Waals surface area contributed by atoms with E-state index in [0.717, 1.165) is 0 Å². The first-order chi connectivity index (χ1) is 11.4. The second-order valence-corrected chi connectivity index (χ2v) is 4.78. The summed E-state index contributed by atoms with van der Waals surface area (Å²) in [5.41, 5.74) is -0.366. The van der Waals surface area contributed by atoms with Crippen molar-refractivity contribution < 1.29 is 19.4 Å². The first-order valence-electron chi connectivity index (χ1n) is 6.84. The first kappa shape index (κ1) is 16.9. The Bertz CT molecular complexity index is 792. The van der Waals surface area contributed by atoms with E-state index in [0.29, 0.717) is 0 Å². The van der Waals surface area contributed by atoms with Crippen LogP contribution in [0.4, 0.5) is 17.1 Å². The zero-order valence-electron chi connectivity index (χ0n) is 12.5. The maximum Gasteiger partial charge on any atom is 0.292 e. The number of nitro groups is 2. The average Bonchev–Trinajstić information content (AvgIpc) is 2.55. The second-order valence-electron chi connectivity index (χ2n) is 4.78. The third-order valence-corrected chi connectivity index (χ3v) is 3.07. The zero-order chi connectivity index (χ0) is 17.7. The molecule has 0 aromatic heterocycles. The summed E-state index contributed by atoms with van der Waals surface area (Å²) in [6.45, 7) is 1.43. The molecule has 0 spiro atoms. The van der Waals surface area contributed by atoms with Gasteiger partial charge in [-0.2, -0.15) is 0 Å². The molecule has 1 N–H and O–H groups in total. The number of hydrogen-bond acceptors (Lipinski definition) is 6. The van der Waals surface area contributed by atoms with Crippen molar-refractivity contribution in [3.63, 3.8) is 0 Å². The van der Waals surface area contributed by atoms with E-state index < -0.39 is 21.9 Å². The van der Waals surface area contributed by atoms with Gasteiger partial charge in [0.2, 0.25) is 0 Å². The molecule has 1 atom stereocenters. The molecule has 2 aromatic rings. The molecule has 0 bridgehead atoms. The number of non-ortho nitro benzene ring substituents is 1. The van der Waals surface area contributed by atoms with Gasteiger partial charge in [-0.05, 0) is 19.1 Å². The van der Waals surface area contributed by atoms with Crippen LogP contribution < -0.4 is 10.1 Å². The highest BCUT2D eigenvalue weighted by Crippen LogP contribution is 2.24. The van der Waals surface area contributed by atoms with Crippen molar-refractivity contribution in [2.75, 3.05) is 5.32 Å². The minimum absolute atomic E-state index is 0.0435. The summed E-state index contributed by atoms with van der Waals surface area (Å²) in [5, 5.41) is 24.1. The minimum Gasteiger partial charge on any atom is -0.481 e. The molecule has 2 aromatic carbocycles. The maximum atomic E-state index is 12.1. The van der Waals surface area contributed by atoms with Crippen LogP contribution in [0.5, 0.6) is 5.75 Å². The number of para-hydroxylation sites is 2. The van der Waals surface area contributed by atoms with Crippen molar-refractivity contribution in [1.29, 1.82) is 0 Å². The van der Waals surface area contributed by atoms with Crippen LogP contribution in [0, 0.1) is 20.2 Å². The SMILES string of the molecule is C[C@H](Oc1cccc([N+](=O)[O-])c1)C(=O)Nc1ccccc1[N+](=O)[O-]. The number of carbonyl (C=O) groups excluding carboxylic acids is 1. The summed E-state index contributed by atoms with van der Waals surface area (Å²) in [6.07, 6.45) is -1.01. The first-order valence-corrected chi connectivity index (χ1v) is 6.84. The molecular weight excluding hydrogens is 318 g/mol. The molecule has 0 unspecified atom stereocenters. The normalized spacial score (nSPS) is 11.4. The summed E-state index contributed by atoms with van der Waals surface area (Å²) in [6, 6.07) is 11.1. The number of nitro benzene ring substituents is 2. The van der Waals surface area contributed by atoms with Gasteiger partial charge < -0.3 is 10.1 Å². The van der Waals surface area contributed by atoms with Crippen LogP contribution in [-0.2, 0) is 4.79 Å². The van der Waals surface area contributed by atoms with Crippen LogP contribution in [-0.4, -0.2) is 21.9 Å². The number of rotatable bonds is 6. The lowest BCUT2D eigenvalue weighted by atomic mass is 10.2. The van der Waals surface area contributed by atoms with Crippen molar-refractivity contribution in [3.05, 3.63) is 68.8 Å². The summed E-state index contributed by atoms with van der Waals surface area (Å²) in [4.78, 5) is 32.6. The Balaban J connectivity index is 2.09. The van der Waals surface area contributed by atoms with E-state index in [-0.39, 0.29) is 22.8 Å². The Morgan fingerprint density at radius 1 is 1.08 bits per heavy atom. The van der Waals surface area contributed by atoms with E-state index in [4.69, 9.17) is 4.74 Å². The number of hydrogen-bond donors (Lipinski definition) is 1. The molecule has 0 radical (unpaired) electrons. The summed E-state index contributed by atoms with van der Waals surface area (Å²) < 4.78 is 5.35. The second kappa shape index (κ2) is 7.18. The molecule has 0 aliphatic heterocycles. The lowest BCUT2D eigenvalue weighted by Crippen LogP contribution is -2.30. The molecule has 124 valence electrons. The van der Waals surface area contributed by atoms with Gasteiger partial charge in [-0.3, -0.25) is 25.0 Å². The summed E-state index contributed by atoms with van der Waals surface area (Å²) >= 11 is 0. The van der Waals surface area contributed by atoms with E-state index in [9.17, 15) is 25.0 Å². The van der Waals surface area contributed by atoms with E-state index >= 15 is 0 Å². The van der Waals surface area contributed by atoms with E-state index in [1.807, 2.05) is 0 Å². The van der Waals surface area contributed by atoms with Crippen LogP contribution in [0.3, 0.4) is 0 Å². The fourth-order valence-corrected chi connectivity index (χ4v) is 1.90. The molecule has 0 saturated heterocycles. The van der Waals surface area contributed by atoms with Crippen molar-refractivity contribution >= 4 is 23.0 Å². The van der Waals surface area contributed by atoms with Crippen LogP contribution in [0.15, 0.2) is 48.5 Å². The van der Waals surface area contributed by atoms with E-state index in [1.54, 1.807) is 6.07 Å². The molecular formula is C15H13N3O6. The molecule has 0 saturated carbocycles. The molecule has 0 fully saturated rings. The van der Waals surface area contributed by atoms with Crippen molar-refractivity contribution in [2.45, 2.75) is 13.0 Å². The third-order valence-electron chi connectivity index (χ3n) is 3.07. The van der Waals surface area contributed by atoms with E-state index in [1.165, 1.54) is 49.4 Å². The predicted octanol–water partition coefficient (Wildman–Crippen LogP) is 2.91. The minimum atomic E-state index is -1.01. The number of ether oxygens (including phenoxy) is 1. The smallest absolute Gasteiger partial charge is 0.292 e. The van der Waals surface area contributed by atoms with Crippen LogP contribution in [0.2, 0.25) is 0 Å². The highest BCUT2D eigenvalue weighted by molar-refractivity contribution is 5.96. The van der Waals surface area contributed by atoms with Crippen molar-refractivity contribution in [2.24, 2.45) is 0 Å². The quantitative estimate of drug-likeness (QED) is 0.641. The topological polar surface area (TPSA) is 125 Å². The molecule has 9 heteroatoms. The monoisotopic (exact) mass is 331 g/mol. The molecule has 2 rings (SSSR count). The number of benzene rings is 2. The molecule has 9 nitrogen and oxygen atoms in total. The Kier molecular flexibility index (Phi) is 5.05. The molecule has 0 aliphatic carbocycles. The highest BCUT2D eigenvalue weighted by atomic mass is 16.6. The summed E-state index contributed by atoms with van der Waals surface area (Å²) in [7, 11) is 0. The van der Waals surface area contributed by atoms with Gasteiger partial charge in [0.25, 0.3) is 17.3 Å². The molecule has 24 heavy (non-hydrogen) atoms. The van der Waals surface area contributed by atoms with Gasteiger partial charge in [0.1, 0.15) is 11.4 Å². The van der Waals surface area contributed by atoms with Gasteiger partial charge in [-0.1, -0.05) is 18.2 Å². The van der Waals surface area contributed by atoms with Gasteiger partial charge in [0, 0.05) is 12.1 Å². The predicted molar refractivity (Wildman–Crippen MR) is 84.9 cm³/mol. The van der Waals surface area contributed by atoms with Crippen molar-refractivity contribution in [1.82, 2.24) is 0 Å². The van der Waals surface area contributed by atoms with Gasteiger partial charge in [-0.15, -0.1) is 0 Å². The number of nitrogens with zero attached hydrogens (tertiary/aromatic N) is 2. The fraction of sp³-hybridized carbons (Fsp3) is 0.133. The van der Waals surface area contributed by atoms with Gasteiger partial charge in [0.05, 0.1) is 15.9 Å². The van der Waals surface area contributed by atoms with Gasteiger partial charge >= 0.3 is 0 Å².